The average molecular weight is 442 g/mol. The van der Waals surface area contributed by atoms with Crippen LogP contribution in [0.3, 0.4) is 0 Å². The molecular formula is C21H14BrClN2O2. The van der Waals surface area contributed by atoms with Crippen LogP contribution in [0.2, 0.25) is 5.02 Å². The first kappa shape index (κ1) is 17.8. The van der Waals surface area contributed by atoms with Crippen molar-refractivity contribution in [2.45, 2.75) is 6.92 Å². The van der Waals surface area contributed by atoms with Crippen LogP contribution in [0.1, 0.15) is 11.1 Å². The number of halogens is 2. The molecule has 4 aromatic rings. The largest absolute Gasteiger partial charge is 0.506 e. The molecule has 0 aliphatic rings. The molecule has 0 saturated heterocycles. The Bertz CT molecular complexity index is 1170. The quantitative estimate of drug-likeness (QED) is 0.361. The lowest BCUT2D eigenvalue weighted by Gasteiger charge is -2.02. The van der Waals surface area contributed by atoms with Gasteiger partial charge in [-0.15, -0.1) is 0 Å². The van der Waals surface area contributed by atoms with Gasteiger partial charge in [-0.3, -0.25) is 4.99 Å². The fraction of sp³-hybridized carbons (Fsp3) is 0.0476. The molecule has 6 heteroatoms. The van der Waals surface area contributed by atoms with E-state index in [1.807, 2.05) is 49.4 Å². The Hall–Kier alpha value is -2.63. The third-order valence-electron chi connectivity index (χ3n) is 4.07. The number of aromatic nitrogens is 1. The molecule has 1 heterocycles. The molecule has 1 aromatic heterocycles. The van der Waals surface area contributed by atoms with Crippen LogP contribution in [-0.4, -0.2) is 16.3 Å². The Morgan fingerprint density at radius 1 is 1.11 bits per heavy atom. The van der Waals surface area contributed by atoms with E-state index in [9.17, 15) is 5.11 Å². The number of hydrogen-bond acceptors (Lipinski definition) is 4. The van der Waals surface area contributed by atoms with Crippen molar-refractivity contribution in [3.05, 3.63) is 75.2 Å². The van der Waals surface area contributed by atoms with Crippen LogP contribution in [0, 0.1) is 6.92 Å². The van der Waals surface area contributed by atoms with Crippen LogP contribution in [-0.2, 0) is 0 Å². The number of benzene rings is 3. The van der Waals surface area contributed by atoms with Gasteiger partial charge in [0.2, 0.25) is 5.89 Å². The van der Waals surface area contributed by atoms with Gasteiger partial charge in [-0.1, -0.05) is 33.6 Å². The molecular weight excluding hydrogens is 428 g/mol. The van der Waals surface area contributed by atoms with Crippen molar-refractivity contribution in [3.63, 3.8) is 0 Å². The summed E-state index contributed by atoms with van der Waals surface area (Å²) in [4.78, 5) is 8.91. The number of phenolic OH excluding ortho intramolecular Hbond substituents is 1. The Balaban J connectivity index is 1.60. The summed E-state index contributed by atoms with van der Waals surface area (Å²) >= 11 is 9.33. The van der Waals surface area contributed by atoms with Crippen molar-refractivity contribution in [3.8, 4) is 17.2 Å². The molecule has 0 aliphatic carbocycles. The van der Waals surface area contributed by atoms with E-state index in [1.54, 1.807) is 18.3 Å². The minimum absolute atomic E-state index is 0.00186. The summed E-state index contributed by atoms with van der Waals surface area (Å²) in [5.74, 6) is 0.574. The summed E-state index contributed by atoms with van der Waals surface area (Å²) in [6.07, 6.45) is 1.57. The smallest absolute Gasteiger partial charge is 0.227 e. The van der Waals surface area contributed by atoms with Crippen molar-refractivity contribution in [1.82, 2.24) is 4.98 Å². The maximum atomic E-state index is 10.0. The molecule has 0 radical (unpaired) electrons. The molecule has 0 saturated carbocycles. The molecule has 0 aliphatic heterocycles. The second-order valence-electron chi connectivity index (χ2n) is 6.12. The predicted octanol–water partition coefficient (Wildman–Crippen LogP) is 6.68. The lowest BCUT2D eigenvalue weighted by Crippen LogP contribution is -1.84. The number of aliphatic imine (C=N–C) groups is 1. The van der Waals surface area contributed by atoms with Crippen LogP contribution >= 0.6 is 27.5 Å². The van der Waals surface area contributed by atoms with Gasteiger partial charge >= 0.3 is 0 Å². The second-order valence-corrected chi connectivity index (χ2v) is 7.44. The summed E-state index contributed by atoms with van der Waals surface area (Å²) in [7, 11) is 0. The molecule has 4 rings (SSSR count). The fourth-order valence-corrected chi connectivity index (χ4v) is 3.51. The number of aryl methyl sites for hydroxylation is 1. The molecule has 0 amide bonds. The highest BCUT2D eigenvalue weighted by Gasteiger charge is 2.09. The van der Waals surface area contributed by atoms with E-state index in [2.05, 4.69) is 25.9 Å². The zero-order valence-corrected chi connectivity index (χ0v) is 16.6. The number of nitrogens with zero attached hydrogens (tertiary/aromatic N) is 2. The first-order valence-corrected chi connectivity index (χ1v) is 9.36. The van der Waals surface area contributed by atoms with Crippen LogP contribution < -0.4 is 0 Å². The lowest BCUT2D eigenvalue weighted by molar-refractivity contribution is 0.474. The third-order valence-corrected chi connectivity index (χ3v) is 4.81. The summed E-state index contributed by atoms with van der Waals surface area (Å²) in [5.41, 5.74) is 4.88. The number of oxazole rings is 1. The standard InChI is InChI=1S/C21H14BrClN2O2/c1-12-2-7-18-19(8-12)27-21(25-18)13-3-5-16(6-4-13)24-11-14-9-15(22)10-17(23)20(14)26/h2-11,26H,1H3. The van der Waals surface area contributed by atoms with E-state index < -0.39 is 0 Å². The number of phenols is 1. The third kappa shape index (κ3) is 3.75. The van der Waals surface area contributed by atoms with Gasteiger partial charge in [0.25, 0.3) is 0 Å². The molecule has 4 nitrogen and oxygen atoms in total. The molecule has 0 atom stereocenters. The van der Waals surface area contributed by atoms with Crippen molar-refractivity contribution >= 4 is 50.5 Å². The van der Waals surface area contributed by atoms with Crippen molar-refractivity contribution in [2.75, 3.05) is 0 Å². The molecule has 0 fully saturated rings. The summed E-state index contributed by atoms with van der Waals surface area (Å²) < 4.78 is 6.62. The highest BCUT2D eigenvalue weighted by atomic mass is 79.9. The average Bonchev–Trinajstić information content (AvgIpc) is 3.07. The van der Waals surface area contributed by atoms with Gasteiger partial charge in [0.15, 0.2) is 5.58 Å². The first-order valence-electron chi connectivity index (χ1n) is 8.19. The summed E-state index contributed by atoms with van der Waals surface area (Å²) in [5, 5.41) is 10.3. The topological polar surface area (TPSA) is 58.6 Å². The monoisotopic (exact) mass is 440 g/mol. The highest BCUT2D eigenvalue weighted by molar-refractivity contribution is 9.10. The van der Waals surface area contributed by atoms with E-state index in [0.29, 0.717) is 11.5 Å². The molecule has 3 aromatic carbocycles. The second kappa shape index (κ2) is 7.18. The number of rotatable bonds is 3. The van der Waals surface area contributed by atoms with Crippen molar-refractivity contribution in [2.24, 2.45) is 4.99 Å². The minimum atomic E-state index is 0.00186. The molecule has 0 unspecified atom stereocenters. The van der Waals surface area contributed by atoms with Crippen molar-refractivity contribution in [1.29, 1.82) is 0 Å². The Labute approximate surface area is 169 Å². The first-order chi connectivity index (χ1) is 13.0. The van der Waals surface area contributed by atoms with Gasteiger partial charge in [0.1, 0.15) is 11.3 Å². The minimum Gasteiger partial charge on any atom is -0.506 e. The van der Waals surface area contributed by atoms with Crippen molar-refractivity contribution < 1.29 is 9.52 Å². The van der Waals surface area contributed by atoms with E-state index in [4.69, 9.17) is 16.0 Å². The van der Waals surface area contributed by atoms with Gasteiger partial charge < -0.3 is 9.52 Å². The molecule has 134 valence electrons. The SMILES string of the molecule is Cc1ccc2nc(-c3ccc(N=Cc4cc(Br)cc(Cl)c4O)cc3)oc2c1. The zero-order valence-electron chi connectivity index (χ0n) is 14.3. The van der Waals surface area contributed by atoms with Crippen LogP contribution in [0.15, 0.2) is 68.5 Å². The molecule has 0 spiro atoms. The van der Waals surface area contributed by atoms with Gasteiger partial charge in [-0.25, -0.2) is 4.98 Å². The maximum Gasteiger partial charge on any atom is 0.227 e. The Kier molecular flexibility index (Phi) is 4.72. The Morgan fingerprint density at radius 2 is 1.89 bits per heavy atom. The highest BCUT2D eigenvalue weighted by Crippen LogP contribution is 2.31. The van der Waals surface area contributed by atoms with Crippen LogP contribution in [0.25, 0.3) is 22.6 Å². The van der Waals surface area contributed by atoms with Gasteiger partial charge in [-0.05, 0) is 61.0 Å². The van der Waals surface area contributed by atoms with Gasteiger partial charge in [0.05, 0.1) is 10.7 Å². The molecule has 0 bridgehead atoms. The number of hydrogen-bond donors (Lipinski definition) is 1. The molecule has 27 heavy (non-hydrogen) atoms. The van der Waals surface area contributed by atoms with E-state index in [1.165, 1.54) is 0 Å². The number of aromatic hydroxyl groups is 1. The van der Waals surface area contributed by atoms with Gasteiger partial charge in [0, 0.05) is 21.8 Å². The normalized spacial score (nSPS) is 11.5. The number of fused-ring (bicyclic) bond motifs is 1. The molecule has 1 N–H and O–H groups in total. The van der Waals surface area contributed by atoms with Crippen LogP contribution in [0.4, 0.5) is 5.69 Å². The Morgan fingerprint density at radius 3 is 2.67 bits per heavy atom. The predicted molar refractivity (Wildman–Crippen MR) is 112 cm³/mol. The van der Waals surface area contributed by atoms with Crippen LogP contribution in [0.5, 0.6) is 5.75 Å². The summed E-state index contributed by atoms with van der Waals surface area (Å²) in [6.45, 7) is 2.02. The van der Waals surface area contributed by atoms with E-state index >= 15 is 0 Å². The lowest BCUT2D eigenvalue weighted by atomic mass is 10.2. The van der Waals surface area contributed by atoms with E-state index in [-0.39, 0.29) is 10.8 Å². The van der Waals surface area contributed by atoms with E-state index in [0.717, 1.165) is 32.4 Å². The van der Waals surface area contributed by atoms with Gasteiger partial charge in [-0.2, -0.15) is 0 Å². The summed E-state index contributed by atoms with van der Waals surface area (Å²) in [6, 6.07) is 16.8. The zero-order chi connectivity index (χ0) is 19.0. The fourth-order valence-electron chi connectivity index (χ4n) is 2.67. The maximum absolute atomic E-state index is 10.0.